The molecule has 8 nitrogen and oxygen atoms in total. The van der Waals surface area contributed by atoms with Gasteiger partial charge in [-0.05, 0) is 24.6 Å². The monoisotopic (exact) mass is 317 g/mol. The molecule has 0 saturated carbocycles. The molecular formula is C12H15NO7S. The van der Waals surface area contributed by atoms with Crippen molar-refractivity contribution in [2.24, 2.45) is 0 Å². The number of benzene rings is 1. The molecule has 0 aliphatic carbocycles. The van der Waals surface area contributed by atoms with Crippen molar-refractivity contribution in [2.75, 3.05) is 17.6 Å². The maximum Gasteiger partial charge on any atom is 0.337 e. The molecule has 0 unspecified atom stereocenters. The highest BCUT2D eigenvalue weighted by Gasteiger charge is 2.17. The number of methoxy groups -OCH3 is 1. The normalized spacial score (nSPS) is 10.9. The molecule has 0 aromatic heterocycles. The molecule has 0 spiro atoms. The fourth-order valence-electron chi connectivity index (χ4n) is 1.53. The van der Waals surface area contributed by atoms with Gasteiger partial charge in [0.2, 0.25) is 10.0 Å². The van der Waals surface area contributed by atoms with Gasteiger partial charge in [-0.2, -0.15) is 0 Å². The summed E-state index contributed by atoms with van der Waals surface area (Å²) in [7, 11) is -2.61. The number of phenolic OH excluding ortho intramolecular Hbond substituents is 1. The molecule has 21 heavy (non-hydrogen) atoms. The Labute approximate surface area is 121 Å². The van der Waals surface area contributed by atoms with Gasteiger partial charge in [-0.1, -0.05) is 0 Å². The zero-order valence-corrected chi connectivity index (χ0v) is 12.0. The van der Waals surface area contributed by atoms with Crippen LogP contribution in [0.4, 0.5) is 5.69 Å². The van der Waals surface area contributed by atoms with Gasteiger partial charge in [-0.15, -0.1) is 0 Å². The van der Waals surface area contributed by atoms with Crippen molar-refractivity contribution >= 4 is 27.6 Å². The third kappa shape index (κ3) is 5.30. The number of phenols is 1. The van der Waals surface area contributed by atoms with Crippen LogP contribution in [0.5, 0.6) is 5.75 Å². The third-order valence-electron chi connectivity index (χ3n) is 2.52. The lowest BCUT2D eigenvalue weighted by Gasteiger charge is -2.10. The van der Waals surface area contributed by atoms with Crippen LogP contribution in [-0.4, -0.2) is 43.4 Å². The van der Waals surface area contributed by atoms with Crippen molar-refractivity contribution in [3.8, 4) is 5.75 Å². The zero-order valence-electron chi connectivity index (χ0n) is 11.2. The predicted octanol–water partition coefficient (Wildman–Crippen LogP) is 0.785. The number of ether oxygens (including phenoxy) is 1. The van der Waals surface area contributed by atoms with Crippen LogP contribution in [0.1, 0.15) is 23.2 Å². The lowest BCUT2D eigenvalue weighted by atomic mass is 10.2. The Morgan fingerprint density at radius 2 is 2.00 bits per heavy atom. The topological polar surface area (TPSA) is 130 Å². The summed E-state index contributed by atoms with van der Waals surface area (Å²) in [6.07, 6.45) is -0.0126. The van der Waals surface area contributed by atoms with Gasteiger partial charge in [0.15, 0.2) is 0 Å². The summed E-state index contributed by atoms with van der Waals surface area (Å²) < 4.78 is 30.1. The summed E-state index contributed by atoms with van der Waals surface area (Å²) >= 11 is 0. The number of aromatic hydroxyl groups is 1. The highest BCUT2D eigenvalue weighted by atomic mass is 32.2. The number of anilines is 1. The first-order chi connectivity index (χ1) is 9.75. The molecule has 0 fully saturated rings. The number of carboxylic acid groups (broad SMARTS) is 1. The maximum absolute atomic E-state index is 11.8. The molecule has 0 heterocycles. The van der Waals surface area contributed by atoms with Gasteiger partial charge in [0.05, 0.1) is 24.1 Å². The molecule has 1 aromatic carbocycles. The highest BCUT2D eigenvalue weighted by Crippen LogP contribution is 2.22. The van der Waals surface area contributed by atoms with Gasteiger partial charge in [-0.3, -0.25) is 9.52 Å². The van der Waals surface area contributed by atoms with Gasteiger partial charge in [0.1, 0.15) is 5.75 Å². The van der Waals surface area contributed by atoms with Crippen molar-refractivity contribution in [1.29, 1.82) is 0 Å². The molecule has 0 aliphatic heterocycles. The summed E-state index contributed by atoms with van der Waals surface area (Å²) in [5.74, 6) is -2.55. The van der Waals surface area contributed by atoms with Crippen LogP contribution < -0.4 is 4.72 Å². The van der Waals surface area contributed by atoms with E-state index in [1.807, 2.05) is 0 Å². The average Bonchev–Trinajstić information content (AvgIpc) is 2.39. The zero-order chi connectivity index (χ0) is 16.0. The van der Waals surface area contributed by atoms with Crippen LogP contribution in [0.15, 0.2) is 18.2 Å². The Morgan fingerprint density at radius 1 is 1.33 bits per heavy atom. The number of sulfonamides is 1. The Hall–Kier alpha value is -2.29. The molecule has 9 heteroatoms. The number of esters is 1. The van der Waals surface area contributed by atoms with E-state index in [-0.39, 0.29) is 35.6 Å². The fraction of sp³-hybridized carbons (Fsp3) is 0.333. The van der Waals surface area contributed by atoms with Gasteiger partial charge in [0, 0.05) is 6.42 Å². The fourth-order valence-corrected chi connectivity index (χ4v) is 2.66. The van der Waals surface area contributed by atoms with Crippen LogP contribution in [0, 0.1) is 0 Å². The molecule has 0 atom stereocenters. The van der Waals surface area contributed by atoms with Crippen molar-refractivity contribution < 1.29 is 33.0 Å². The van der Waals surface area contributed by atoms with E-state index in [1.165, 1.54) is 13.2 Å². The highest BCUT2D eigenvalue weighted by molar-refractivity contribution is 7.92. The number of aromatic carboxylic acids is 1. The number of carbonyl (C=O) groups is 2. The molecule has 0 radical (unpaired) electrons. The Kier molecular flexibility index (Phi) is 5.53. The van der Waals surface area contributed by atoms with Crippen molar-refractivity contribution in [3.63, 3.8) is 0 Å². The molecule has 116 valence electrons. The second-order valence-electron chi connectivity index (χ2n) is 4.14. The van der Waals surface area contributed by atoms with E-state index in [4.69, 9.17) is 5.11 Å². The standard InChI is InChI=1S/C12H15NO7S/c1-20-11(15)3-2-6-21(18,19)13-10-5-4-8(14)7-9(10)12(16)17/h4-5,7,13-14H,2-3,6H2,1H3,(H,16,17). The summed E-state index contributed by atoms with van der Waals surface area (Å²) in [5, 5.41) is 18.2. The van der Waals surface area contributed by atoms with Gasteiger partial charge >= 0.3 is 11.9 Å². The number of carboxylic acids is 1. The van der Waals surface area contributed by atoms with Gasteiger partial charge in [-0.25, -0.2) is 13.2 Å². The van der Waals surface area contributed by atoms with Crippen LogP contribution >= 0.6 is 0 Å². The summed E-state index contributed by atoms with van der Waals surface area (Å²) in [5.41, 5.74) is -0.523. The number of hydrogen-bond donors (Lipinski definition) is 3. The molecule has 0 saturated heterocycles. The second kappa shape index (κ2) is 6.93. The van der Waals surface area contributed by atoms with E-state index in [0.29, 0.717) is 0 Å². The Bertz CT molecular complexity index is 639. The Morgan fingerprint density at radius 3 is 2.57 bits per heavy atom. The van der Waals surface area contributed by atoms with E-state index in [9.17, 15) is 23.1 Å². The largest absolute Gasteiger partial charge is 0.508 e. The lowest BCUT2D eigenvalue weighted by molar-refractivity contribution is -0.140. The molecule has 1 aromatic rings. The summed E-state index contributed by atoms with van der Waals surface area (Å²) in [6, 6.07) is 3.25. The summed E-state index contributed by atoms with van der Waals surface area (Å²) in [6.45, 7) is 0. The first-order valence-electron chi connectivity index (χ1n) is 5.89. The quantitative estimate of drug-likeness (QED) is 0.500. The number of carbonyl (C=O) groups excluding carboxylic acids is 1. The van der Waals surface area contributed by atoms with Crippen LogP contribution in [0.3, 0.4) is 0 Å². The maximum atomic E-state index is 11.8. The third-order valence-corrected chi connectivity index (χ3v) is 3.88. The van der Waals surface area contributed by atoms with Crippen molar-refractivity contribution in [1.82, 2.24) is 0 Å². The minimum absolute atomic E-state index is 0.0441. The minimum atomic E-state index is -3.81. The average molecular weight is 317 g/mol. The minimum Gasteiger partial charge on any atom is -0.508 e. The molecule has 1 rings (SSSR count). The lowest BCUT2D eigenvalue weighted by Crippen LogP contribution is -2.19. The van der Waals surface area contributed by atoms with E-state index in [0.717, 1.165) is 12.1 Å². The van der Waals surface area contributed by atoms with Crippen molar-refractivity contribution in [2.45, 2.75) is 12.8 Å². The Balaban J connectivity index is 2.80. The predicted molar refractivity (Wildman–Crippen MR) is 73.7 cm³/mol. The molecular weight excluding hydrogens is 302 g/mol. The molecule has 0 bridgehead atoms. The number of nitrogens with one attached hydrogen (secondary N) is 1. The number of hydrogen-bond acceptors (Lipinski definition) is 6. The van der Waals surface area contributed by atoms with Crippen molar-refractivity contribution in [3.05, 3.63) is 23.8 Å². The van der Waals surface area contributed by atoms with Crippen LogP contribution in [0.2, 0.25) is 0 Å². The van der Waals surface area contributed by atoms with Gasteiger partial charge < -0.3 is 14.9 Å². The van der Waals surface area contributed by atoms with E-state index >= 15 is 0 Å². The van der Waals surface area contributed by atoms with E-state index < -0.39 is 22.0 Å². The number of rotatable bonds is 7. The van der Waals surface area contributed by atoms with E-state index in [2.05, 4.69) is 9.46 Å². The molecule has 3 N–H and O–H groups in total. The first kappa shape index (κ1) is 16.8. The molecule has 0 amide bonds. The SMILES string of the molecule is COC(=O)CCCS(=O)(=O)Nc1ccc(O)cc1C(=O)O. The van der Waals surface area contributed by atoms with Crippen LogP contribution in [0.25, 0.3) is 0 Å². The smallest absolute Gasteiger partial charge is 0.337 e. The molecule has 0 aliphatic rings. The van der Waals surface area contributed by atoms with Gasteiger partial charge in [0.25, 0.3) is 0 Å². The van der Waals surface area contributed by atoms with Crippen LogP contribution in [-0.2, 0) is 19.6 Å². The first-order valence-corrected chi connectivity index (χ1v) is 7.54. The second-order valence-corrected chi connectivity index (χ2v) is 5.98. The van der Waals surface area contributed by atoms with E-state index in [1.54, 1.807) is 0 Å². The summed E-state index contributed by atoms with van der Waals surface area (Å²) in [4.78, 5) is 21.9.